The van der Waals surface area contributed by atoms with Crippen LogP contribution in [0.15, 0.2) is 42.7 Å². The zero-order valence-electron chi connectivity index (χ0n) is 19.1. The highest BCUT2D eigenvalue weighted by atomic mass is 19.4. The van der Waals surface area contributed by atoms with Gasteiger partial charge in [-0.05, 0) is 18.9 Å². The molecule has 34 heavy (non-hydrogen) atoms. The van der Waals surface area contributed by atoms with Gasteiger partial charge in [-0.25, -0.2) is 14.6 Å². The molecule has 2 aromatic heterocycles. The van der Waals surface area contributed by atoms with Crippen LogP contribution in [0.4, 0.5) is 18.0 Å². The maximum Gasteiger partial charge on any atom is 0.490 e. The number of urea groups is 1. The van der Waals surface area contributed by atoms with Crippen LogP contribution in [0.1, 0.15) is 24.5 Å². The summed E-state index contributed by atoms with van der Waals surface area (Å²) in [6, 6.07) is 12.5. The number of nitrogens with zero attached hydrogens (tertiary/aromatic N) is 5. The molecule has 4 rings (SSSR count). The standard InChI is InChI=1S/C21H25N5O.C2HF3O2/c1-24(2)21(27)26-11-9-15(10-12-26)17-13-18-20(22-14-25(18)3)19(23-17)16-7-5-4-6-8-16;3-2(4,5)1(6)7/h4-8,13-15H,9-12H2,1-3H3;(H,6,7). The maximum atomic E-state index is 12.2. The molecule has 1 aromatic carbocycles. The van der Waals surface area contributed by atoms with Crippen molar-refractivity contribution in [1.29, 1.82) is 0 Å². The molecule has 1 aliphatic heterocycles. The van der Waals surface area contributed by atoms with Crippen molar-refractivity contribution in [3.8, 4) is 11.3 Å². The van der Waals surface area contributed by atoms with Gasteiger partial charge in [0, 0.05) is 51.4 Å². The molecule has 8 nitrogen and oxygen atoms in total. The number of carbonyl (C=O) groups excluding carboxylic acids is 1. The van der Waals surface area contributed by atoms with E-state index in [2.05, 4.69) is 27.8 Å². The molecule has 0 atom stereocenters. The van der Waals surface area contributed by atoms with E-state index in [1.54, 1.807) is 19.0 Å². The largest absolute Gasteiger partial charge is 0.490 e. The zero-order valence-corrected chi connectivity index (χ0v) is 19.1. The van der Waals surface area contributed by atoms with Gasteiger partial charge in [-0.15, -0.1) is 0 Å². The summed E-state index contributed by atoms with van der Waals surface area (Å²) in [4.78, 5) is 34.3. The molecule has 1 saturated heterocycles. The summed E-state index contributed by atoms with van der Waals surface area (Å²) in [5.74, 6) is -2.40. The third kappa shape index (κ3) is 5.64. The van der Waals surface area contributed by atoms with E-state index < -0.39 is 12.1 Å². The number of fused-ring (bicyclic) bond motifs is 1. The van der Waals surface area contributed by atoms with Crippen molar-refractivity contribution >= 4 is 23.0 Å². The Hall–Kier alpha value is -3.63. The molecule has 0 saturated carbocycles. The van der Waals surface area contributed by atoms with Gasteiger partial charge in [0.05, 0.1) is 17.5 Å². The second-order valence-corrected chi connectivity index (χ2v) is 8.23. The number of imidazole rings is 1. The predicted molar refractivity (Wildman–Crippen MR) is 120 cm³/mol. The summed E-state index contributed by atoms with van der Waals surface area (Å²) >= 11 is 0. The molecular formula is C23H26F3N5O3. The van der Waals surface area contributed by atoms with Crippen molar-refractivity contribution in [1.82, 2.24) is 24.3 Å². The third-order valence-electron chi connectivity index (χ3n) is 5.59. The van der Waals surface area contributed by atoms with Crippen molar-refractivity contribution in [3.63, 3.8) is 0 Å². The normalized spacial score (nSPS) is 14.5. The van der Waals surface area contributed by atoms with Gasteiger partial charge < -0.3 is 19.5 Å². The monoisotopic (exact) mass is 477 g/mol. The lowest BCUT2D eigenvalue weighted by atomic mass is 9.92. The van der Waals surface area contributed by atoms with Gasteiger partial charge in [0.25, 0.3) is 0 Å². The molecule has 2 amide bonds. The number of alkyl halides is 3. The minimum Gasteiger partial charge on any atom is -0.475 e. The lowest BCUT2D eigenvalue weighted by Crippen LogP contribution is -2.43. The quantitative estimate of drug-likeness (QED) is 0.599. The van der Waals surface area contributed by atoms with Crippen LogP contribution in [-0.2, 0) is 11.8 Å². The number of likely N-dealkylation sites (tertiary alicyclic amines) is 1. The van der Waals surface area contributed by atoms with Crippen LogP contribution in [-0.4, -0.2) is 74.8 Å². The first-order valence-corrected chi connectivity index (χ1v) is 10.6. The Morgan fingerprint density at radius 2 is 1.71 bits per heavy atom. The first-order chi connectivity index (χ1) is 16.0. The second-order valence-electron chi connectivity index (χ2n) is 8.23. The molecule has 0 unspecified atom stereocenters. The predicted octanol–water partition coefficient (Wildman–Crippen LogP) is 4.13. The number of halogens is 3. The number of carboxylic acid groups (broad SMARTS) is 1. The Morgan fingerprint density at radius 1 is 1.12 bits per heavy atom. The number of carbonyl (C=O) groups is 2. The molecule has 3 aromatic rings. The molecule has 11 heteroatoms. The number of pyridine rings is 1. The molecule has 0 aliphatic carbocycles. The fraction of sp³-hybridized carbons (Fsp3) is 0.391. The van der Waals surface area contributed by atoms with Crippen LogP contribution in [0.25, 0.3) is 22.3 Å². The fourth-order valence-electron chi connectivity index (χ4n) is 3.80. The highest BCUT2D eigenvalue weighted by Crippen LogP contribution is 2.33. The Morgan fingerprint density at radius 3 is 2.24 bits per heavy atom. The van der Waals surface area contributed by atoms with Crippen LogP contribution in [0.2, 0.25) is 0 Å². The first-order valence-electron chi connectivity index (χ1n) is 10.6. The van der Waals surface area contributed by atoms with E-state index in [1.165, 1.54) is 0 Å². The summed E-state index contributed by atoms with van der Waals surface area (Å²) in [6.07, 6.45) is -1.37. The minimum atomic E-state index is -5.08. The fourth-order valence-corrected chi connectivity index (χ4v) is 3.80. The Bertz CT molecular complexity index is 1150. The van der Waals surface area contributed by atoms with E-state index in [-0.39, 0.29) is 6.03 Å². The lowest BCUT2D eigenvalue weighted by Gasteiger charge is -2.33. The van der Waals surface area contributed by atoms with Crippen LogP contribution in [0, 0.1) is 0 Å². The average Bonchev–Trinajstić information content (AvgIpc) is 3.19. The van der Waals surface area contributed by atoms with Gasteiger partial charge in [0.15, 0.2) is 0 Å². The Kier molecular flexibility index (Phi) is 7.43. The van der Waals surface area contributed by atoms with E-state index in [4.69, 9.17) is 14.9 Å². The SMILES string of the molecule is CN(C)C(=O)N1CCC(c2cc3c(ncn3C)c(-c3ccccc3)n2)CC1.O=C(O)C(F)(F)F. The summed E-state index contributed by atoms with van der Waals surface area (Å²) in [5.41, 5.74) is 5.17. The zero-order chi connectivity index (χ0) is 25.0. The molecule has 1 fully saturated rings. The van der Waals surface area contributed by atoms with Crippen molar-refractivity contribution in [3.05, 3.63) is 48.4 Å². The molecule has 182 valence electrons. The molecule has 3 heterocycles. The summed E-state index contributed by atoms with van der Waals surface area (Å²) < 4.78 is 33.8. The van der Waals surface area contributed by atoms with Crippen molar-refractivity contribution in [2.45, 2.75) is 24.9 Å². The van der Waals surface area contributed by atoms with Crippen LogP contribution in [0.3, 0.4) is 0 Å². The maximum absolute atomic E-state index is 12.2. The number of amides is 2. The number of aromatic nitrogens is 3. The average molecular weight is 477 g/mol. The van der Waals surface area contributed by atoms with E-state index in [1.807, 2.05) is 36.5 Å². The van der Waals surface area contributed by atoms with Crippen molar-refractivity contribution in [2.75, 3.05) is 27.2 Å². The van der Waals surface area contributed by atoms with Crippen LogP contribution in [0.5, 0.6) is 0 Å². The number of carboxylic acids is 1. The molecule has 0 spiro atoms. The van der Waals surface area contributed by atoms with Crippen molar-refractivity contribution in [2.24, 2.45) is 7.05 Å². The van der Waals surface area contributed by atoms with E-state index in [0.29, 0.717) is 5.92 Å². The lowest BCUT2D eigenvalue weighted by molar-refractivity contribution is -0.192. The van der Waals surface area contributed by atoms with Gasteiger partial charge in [-0.3, -0.25) is 4.98 Å². The molecule has 0 bridgehead atoms. The number of benzene rings is 1. The van der Waals surface area contributed by atoms with Gasteiger partial charge >= 0.3 is 18.2 Å². The topological polar surface area (TPSA) is 91.6 Å². The first kappa shape index (κ1) is 25.0. The van der Waals surface area contributed by atoms with Gasteiger partial charge in [0.1, 0.15) is 5.52 Å². The van der Waals surface area contributed by atoms with Crippen LogP contribution < -0.4 is 0 Å². The third-order valence-corrected chi connectivity index (χ3v) is 5.59. The number of hydrogen-bond donors (Lipinski definition) is 1. The molecular weight excluding hydrogens is 451 g/mol. The van der Waals surface area contributed by atoms with Gasteiger partial charge in [-0.2, -0.15) is 13.2 Å². The minimum absolute atomic E-state index is 0.0912. The Labute approximate surface area is 194 Å². The summed E-state index contributed by atoms with van der Waals surface area (Å²) in [6.45, 7) is 1.54. The summed E-state index contributed by atoms with van der Waals surface area (Å²) in [7, 11) is 5.63. The highest BCUT2D eigenvalue weighted by Gasteiger charge is 2.38. The molecule has 1 aliphatic rings. The van der Waals surface area contributed by atoms with Gasteiger partial charge in [-0.1, -0.05) is 30.3 Å². The number of aliphatic carboxylic acids is 1. The number of piperidine rings is 1. The van der Waals surface area contributed by atoms with Gasteiger partial charge in [0.2, 0.25) is 0 Å². The second kappa shape index (κ2) is 10.1. The van der Waals surface area contributed by atoms with E-state index in [0.717, 1.165) is 53.9 Å². The number of rotatable bonds is 2. The van der Waals surface area contributed by atoms with Crippen molar-refractivity contribution < 1.29 is 27.9 Å². The van der Waals surface area contributed by atoms with Crippen LogP contribution >= 0.6 is 0 Å². The summed E-state index contributed by atoms with van der Waals surface area (Å²) in [5, 5.41) is 7.12. The molecule has 1 N–H and O–H groups in total. The molecule has 0 radical (unpaired) electrons. The van der Waals surface area contributed by atoms with E-state index in [9.17, 15) is 18.0 Å². The number of hydrogen-bond acceptors (Lipinski definition) is 4. The number of aryl methyl sites for hydroxylation is 1. The Balaban J connectivity index is 0.000000406. The smallest absolute Gasteiger partial charge is 0.475 e. The van der Waals surface area contributed by atoms with E-state index >= 15 is 0 Å². The highest BCUT2D eigenvalue weighted by molar-refractivity contribution is 5.90.